The number of benzene rings is 4. The Hall–Kier alpha value is -4.78. The maximum atomic E-state index is 13.7. The van der Waals surface area contributed by atoms with Crippen LogP contribution in [-0.4, -0.2) is 37.1 Å². The number of amides is 1. The summed E-state index contributed by atoms with van der Waals surface area (Å²) in [7, 11) is 1.54. The lowest BCUT2D eigenvalue weighted by molar-refractivity contribution is -0.132. The van der Waals surface area contributed by atoms with Crippen molar-refractivity contribution in [1.82, 2.24) is 0 Å². The summed E-state index contributed by atoms with van der Waals surface area (Å²) in [5.74, 6) is -0.388. The summed E-state index contributed by atoms with van der Waals surface area (Å²) in [6.07, 6.45) is 0. The van der Waals surface area contributed by atoms with Crippen LogP contribution in [-0.2, 0) is 9.59 Å². The SMILES string of the molecule is CCOc1ccc(/C(O)=C2\C(=O)C(=O)N(c3cccc(OC)c3)C2c2cccc3ccccc23)c(OCC)c1. The van der Waals surface area contributed by atoms with Gasteiger partial charge in [-0.3, -0.25) is 14.5 Å². The number of nitrogens with zero attached hydrogens (tertiary/aromatic N) is 1. The molecule has 0 aliphatic carbocycles. The molecule has 1 amide bonds. The molecule has 198 valence electrons. The molecule has 7 nitrogen and oxygen atoms in total. The van der Waals surface area contributed by atoms with Crippen molar-refractivity contribution in [3.63, 3.8) is 0 Å². The fourth-order valence-corrected chi connectivity index (χ4v) is 5.02. The van der Waals surface area contributed by atoms with E-state index < -0.39 is 17.7 Å². The van der Waals surface area contributed by atoms with E-state index in [2.05, 4.69) is 0 Å². The highest BCUT2D eigenvalue weighted by molar-refractivity contribution is 6.52. The molecule has 0 saturated carbocycles. The summed E-state index contributed by atoms with van der Waals surface area (Å²) in [5.41, 5.74) is 1.46. The van der Waals surface area contributed by atoms with E-state index in [9.17, 15) is 14.7 Å². The number of Topliss-reactive ketones (excluding diaryl/α,β-unsaturated/α-hetero) is 1. The van der Waals surface area contributed by atoms with Crippen molar-refractivity contribution < 1.29 is 28.9 Å². The van der Waals surface area contributed by atoms with Crippen molar-refractivity contribution in [2.24, 2.45) is 0 Å². The number of anilines is 1. The van der Waals surface area contributed by atoms with Gasteiger partial charge in [0.2, 0.25) is 0 Å². The van der Waals surface area contributed by atoms with Crippen LogP contribution in [0.1, 0.15) is 31.0 Å². The molecule has 1 N–H and O–H groups in total. The van der Waals surface area contributed by atoms with Crippen LogP contribution in [0.2, 0.25) is 0 Å². The zero-order valence-electron chi connectivity index (χ0n) is 22.0. The van der Waals surface area contributed by atoms with E-state index in [1.54, 1.807) is 42.5 Å². The molecule has 1 aliphatic heterocycles. The Labute approximate surface area is 226 Å². The predicted octanol–water partition coefficient (Wildman–Crippen LogP) is 6.27. The first-order chi connectivity index (χ1) is 19.0. The third-order valence-corrected chi connectivity index (χ3v) is 6.71. The molecule has 1 fully saturated rings. The van der Waals surface area contributed by atoms with Gasteiger partial charge in [-0.2, -0.15) is 0 Å². The van der Waals surface area contributed by atoms with Crippen LogP contribution in [0.4, 0.5) is 5.69 Å². The Balaban J connectivity index is 1.79. The zero-order valence-corrected chi connectivity index (χ0v) is 22.0. The second-order valence-corrected chi connectivity index (χ2v) is 8.96. The second-order valence-electron chi connectivity index (χ2n) is 8.96. The fourth-order valence-electron chi connectivity index (χ4n) is 5.02. The Morgan fingerprint density at radius 1 is 0.846 bits per heavy atom. The van der Waals surface area contributed by atoms with E-state index >= 15 is 0 Å². The maximum absolute atomic E-state index is 13.7. The molecule has 0 aromatic heterocycles. The molecule has 7 heteroatoms. The summed E-state index contributed by atoms with van der Waals surface area (Å²) >= 11 is 0. The Bertz CT molecular complexity index is 1590. The standard InChI is InChI=1S/C32H29NO6/c1-4-38-23-16-17-26(27(19-23)39-5-2)30(34)28-29(25-15-8-11-20-10-6-7-14-24(20)25)33(32(36)31(28)35)21-12-9-13-22(18-21)37-3/h6-19,29,34H,4-5H2,1-3H3/b30-28+. The molecule has 1 aliphatic rings. The highest BCUT2D eigenvalue weighted by Crippen LogP contribution is 2.45. The van der Waals surface area contributed by atoms with Gasteiger partial charge < -0.3 is 19.3 Å². The van der Waals surface area contributed by atoms with E-state index in [1.807, 2.05) is 56.3 Å². The number of carbonyl (C=O) groups is 2. The molecule has 0 spiro atoms. The molecule has 1 atom stereocenters. The minimum Gasteiger partial charge on any atom is -0.507 e. The average Bonchev–Trinajstić information content (AvgIpc) is 3.22. The Morgan fingerprint density at radius 2 is 1.59 bits per heavy atom. The number of carbonyl (C=O) groups excluding carboxylic acids is 2. The van der Waals surface area contributed by atoms with E-state index in [-0.39, 0.29) is 11.3 Å². The Kier molecular flexibility index (Phi) is 7.23. The number of aliphatic hydroxyl groups is 1. The van der Waals surface area contributed by atoms with Gasteiger partial charge in [-0.15, -0.1) is 0 Å². The number of rotatable bonds is 8. The fraction of sp³-hybridized carbons (Fsp3) is 0.188. The lowest BCUT2D eigenvalue weighted by atomic mass is 9.91. The number of aliphatic hydroxyl groups excluding tert-OH is 1. The maximum Gasteiger partial charge on any atom is 0.300 e. The molecule has 4 aromatic rings. The van der Waals surface area contributed by atoms with Gasteiger partial charge in [-0.1, -0.05) is 48.5 Å². The van der Waals surface area contributed by atoms with Gasteiger partial charge in [0.1, 0.15) is 23.0 Å². The van der Waals surface area contributed by atoms with Crippen molar-refractivity contribution in [3.05, 3.63) is 102 Å². The molecule has 1 heterocycles. The first-order valence-electron chi connectivity index (χ1n) is 12.8. The zero-order chi connectivity index (χ0) is 27.5. The summed E-state index contributed by atoms with van der Waals surface area (Å²) < 4.78 is 16.8. The third-order valence-electron chi connectivity index (χ3n) is 6.71. The smallest absolute Gasteiger partial charge is 0.300 e. The van der Waals surface area contributed by atoms with Crippen LogP contribution in [0.15, 0.2) is 90.5 Å². The topological polar surface area (TPSA) is 85.3 Å². The molecule has 5 rings (SSSR count). The molecule has 4 aromatic carbocycles. The van der Waals surface area contributed by atoms with Crippen LogP contribution in [0.25, 0.3) is 16.5 Å². The lowest BCUT2D eigenvalue weighted by Gasteiger charge is -2.27. The van der Waals surface area contributed by atoms with E-state index in [0.29, 0.717) is 47.3 Å². The number of fused-ring (bicyclic) bond motifs is 1. The van der Waals surface area contributed by atoms with Gasteiger partial charge in [0.05, 0.1) is 37.5 Å². The number of ketones is 1. The minimum atomic E-state index is -0.899. The minimum absolute atomic E-state index is 0.0238. The van der Waals surface area contributed by atoms with Crippen LogP contribution in [0, 0.1) is 0 Å². The first kappa shape index (κ1) is 25.9. The van der Waals surface area contributed by atoms with Gasteiger partial charge in [-0.25, -0.2) is 0 Å². The lowest BCUT2D eigenvalue weighted by Crippen LogP contribution is -2.29. The predicted molar refractivity (Wildman–Crippen MR) is 151 cm³/mol. The van der Waals surface area contributed by atoms with Gasteiger partial charge in [0.25, 0.3) is 11.7 Å². The van der Waals surface area contributed by atoms with Gasteiger partial charge >= 0.3 is 0 Å². The van der Waals surface area contributed by atoms with Crippen molar-refractivity contribution in [2.75, 3.05) is 25.2 Å². The van der Waals surface area contributed by atoms with Gasteiger partial charge in [-0.05, 0) is 54.4 Å². The largest absolute Gasteiger partial charge is 0.507 e. The van der Waals surface area contributed by atoms with Crippen molar-refractivity contribution in [1.29, 1.82) is 0 Å². The first-order valence-corrected chi connectivity index (χ1v) is 12.8. The van der Waals surface area contributed by atoms with E-state index in [4.69, 9.17) is 14.2 Å². The van der Waals surface area contributed by atoms with E-state index in [0.717, 1.165) is 10.8 Å². The number of hydrogen-bond acceptors (Lipinski definition) is 6. The van der Waals surface area contributed by atoms with Crippen LogP contribution < -0.4 is 19.1 Å². The molecular weight excluding hydrogens is 494 g/mol. The van der Waals surface area contributed by atoms with Crippen LogP contribution >= 0.6 is 0 Å². The summed E-state index contributed by atoms with van der Waals surface area (Å²) in [6, 6.07) is 24.6. The monoisotopic (exact) mass is 523 g/mol. The van der Waals surface area contributed by atoms with Crippen molar-refractivity contribution >= 4 is 33.9 Å². The van der Waals surface area contributed by atoms with Gasteiger partial charge in [0, 0.05) is 17.8 Å². The summed E-state index contributed by atoms with van der Waals surface area (Å²) in [4.78, 5) is 28.8. The van der Waals surface area contributed by atoms with E-state index in [1.165, 1.54) is 12.0 Å². The number of methoxy groups -OCH3 is 1. The summed E-state index contributed by atoms with van der Waals surface area (Å²) in [6.45, 7) is 4.50. The van der Waals surface area contributed by atoms with Crippen molar-refractivity contribution in [3.8, 4) is 17.2 Å². The molecule has 1 unspecified atom stereocenters. The highest BCUT2D eigenvalue weighted by Gasteiger charge is 2.47. The average molecular weight is 524 g/mol. The Morgan fingerprint density at radius 3 is 2.36 bits per heavy atom. The second kappa shape index (κ2) is 10.9. The molecular formula is C32H29NO6. The summed E-state index contributed by atoms with van der Waals surface area (Å²) in [5, 5.41) is 13.6. The van der Waals surface area contributed by atoms with Gasteiger partial charge in [0.15, 0.2) is 0 Å². The normalized spacial score (nSPS) is 16.5. The molecule has 0 bridgehead atoms. The number of ether oxygens (including phenoxy) is 3. The quantitative estimate of drug-likeness (QED) is 0.166. The number of hydrogen-bond donors (Lipinski definition) is 1. The molecule has 1 saturated heterocycles. The molecule has 39 heavy (non-hydrogen) atoms. The molecule has 0 radical (unpaired) electrons. The van der Waals surface area contributed by atoms with Crippen LogP contribution in [0.3, 0.4) is 0 Å². The third kappa shape index (κ3) is 4.68. The van der Waals surface area contributed by atoms with Crippen LogP contribution in [0.5, 0.6) is 17.2 Å². The highest BCUT2D eigenvalue weighted by atomic mass is 16.5. The van der Waals surface area contributed by atoms with Crippen molar-refractivity contribution in [2.45, 2.75) is 19.9 Å².